The summed E-state index contributed by atoms with van der Waals surface area (Å²) in [5, 5.41) is 0. The first-order valence-corrected chi connectivity index (χ1v) is 11.3. The molecule has 0 aromatic heterocycles. The Morgan fingerprint density at radius 3 is 0.571 bits per heavy atom. The van der Waals surface area contributed by atoms with E-state index in [1.54, 1.807) is 0 Å². The third-order valence-electron chi connectivity index (χ3n) is 1.21. The monoisotopic (exact) mass is 476 g/mol. The first-order chi connectivity index (χ1) is 9.66. The van der Waals surface area contributed by atoms with Crippen LogP contribution in [0.4, 0.5) is 0 Å². The van der Waals surface area contributed by atoms with Crippen molar-refractivity contribution in [2.75, 3.05) is 46.0 Å². The van der Waals surface area contributed by atoms with Crippen molar-refractivity contribution < 1.29 is 21.7 Å². The Kier molecular flexibility index (Phi) is 83.9. The molecule has 0 unspecified atom stereocenters. The van der Waals surface area contributed by atoms with Crippen LogP contribution in [0.5, 0.6) is 0 Å². The van der Waals surface area contributed by atoms with Crippen molar-refractivity contribution >= 4 is 101 Å². The molecule has 0 aliphatic heterocycles. The van der Waals surface area contributed by atoms with Gasteiger partial charge in [-0.3, -0.25) is 0 Å². The van der Waals surface area contributed by atoms with Crippen LogP contribution in [-0.2, 0) is 72.2 Å². The first-order valence-electron chi connectivity index (χ1n) is 6.42. The molecule has 0 nitrogen and oxygen atoms in total. The smallest absolute Gasteiger partial charge is 0.793 e. The number of rotatable bonds is 8. The van der Waals surface area contributed by atoms with Gasteiger partial charge in [0.25, 0.3) is 0 Å². The van der Waals surface area contributed by atoms with Crippen molar-refractivity contribution in [1.82, 2.24) is 0 Å². The van der Waals surface area contributed by atoms with E-state index < -0.39 is 0 Å². The quantitative estimate of drug-likeness (QED) is 0.241. The second-order valence-corrected chi connectivity index (χ2v) is 6.55. The molecule has 0 amide bonds. The van der Waals surface area contributed by atoms with Crippen LogP contribution < -0.4 is 0 Å². The van der Waals surface area contributed by atoms with E-state index in [4.69, 9.17) is 0 Å². The van der Waals surface area contributed by atoms with Crippen LogP contribution in [-0.4, -0.2) is 46.0 Å². The van der Waals surface area contributed by atoms with Gasteiger partial charge in [-0.2, -0.15) is 73.5 Å². The molecule has 0 rings (SSSR count). The Labute approximate surface area is 192 Å². The summed E-state index contributed by atoms with van der Waals surface area (Å²) in [4.78, 5) is 0. The molecular formula is C12H28S8Ti. The Hall–Kier alpha value is 3.51. The van der Waals surface area contributed by atoms with Crippen LogP contribution in [0.3, 0.4) is 0 Å². The summed E-state index contributed by atoms with van der Waals surface area (Å²) in [6, 6.07) is 0. The third kappa shape index (κ3) is 82.1. The summed E-state index contributed by atoms with van der Waals surface area (Å²) >= 11 is 34.1. The number of hydrogen-bond acceptors (Lipinski definition) is 8. The maximum Gasteiger partial charge on any atom is 4.00 e. The standard InChI is InChI=1S/4C3H8S2.Ti/c4*4-2-1-3-5;/h4*4-5H,1-3H2;/q;;;;+4/p-4. The van der Waals surface area contributed by atoms with Crippen molar-refractivity contribution in [2.45, 2.75) is 25.7 Å². The van der Waals surface area contributed by atoms with Crippen molar-refractivity contribution in [3.63, 3.8) is 0 Å². The van der Waals surface area contributed by atoms with E-state index in [0.29, 0.717) is 0 Å². The summed E-state index contributed by atoms with van der Waals surface area (Å²) < 4.78 is 0. The molecule has 0 aliphatic rings. The SMILES string of the molecule is [S-]CCCS.[S-]CCCS.[S-]CCCS.[S-]CCCS.[Ti+4]. The molecule has 0 saturated heterocycles. The predicted molar refractivity (Wildman–Crippen MR) is 123 cm³/mol. The van der Waals surface area contributed by atoms with Gasteiger partial charge < -0.3 is 50.5 Å². The van der Waals surface area contributed by atoms with E-state index in [-0.39, 0.29) is 21.7 Å². The van der Waals surface area contributed by atoms with Gasteiger partial charge in [0.15, 0.2) is 0 Å². The minimum atomic E-state index is 0. The molecule has 0 spiro atoms. The van der Waals surface area contributed by atoms with Gasteiger partial charge in [-0.1, -0.05) is 25.7 Å². The molecule has 0 saturated carbocycles. The summed E-state index contributed by atoms with van der Waals surface area (Å²) in [6.45, 7) is 0. The molecule has 0 heterocycles. The van der Waals surface area contributed by atoms with Crippen molar-refractivity contribution in [3.8, 4) is 0 Å². The summed E-state index contributed by atoms with van der Waals surface area (Å²) in [7, 11) is 0. The average molecular weight is 477 g/mol. The second-order valence-electron chi connectivity index (χ2n) is 3.13. The number of thiol groups is 4. The zero-order chi connectivity index (χ0) is 16.5. The summed E-state index contributed by atoms with van der Waals surface area (Å²) in [5.41, 5.74) is 0. The van der Waals surface area contributed by atoms with Gasteiger partial charge in [0.05, 0.1) is 0 Å². The minimum Gasteiger partial charge on any atom is -0.793 e. The molecule has 0 aromatic carbocycles. The molecule has 0 atom stereocenters. The average Bonchev–Trinajstić information content (AvgIpc) is 2.44. The molecule has 0 fully saturated rings. The molecular weight excluding hydrogens is 449 g/mol. The van der Waals surface area contributed by atoms with Crippen LogP contribution in [0.1, 0.15) is 25.7 Å². The Balaban J connectivity index is -0.0000000533. The summed E-state index contributed by atoms with van der Waals surface area (Å²) in [6.07, 6.45) is 4.27. The van der Waals surface area contributed by atoms with Crippen LogP contribution in [0.25, 0.3) is 0 Å². The van der Waals surface area contributed by atoms with Crippen LogP contribution in [0.2, 0.25) is 0 Å². The van der Waals surface area contributed by atoms with E-state index >= 15 is 0 Å². The van der Waals surface area contributed by atoms with E-state index in [2.05, 4.69) is 101 Å². The van der Waals surface area contributed by atoms with Gasteiger partial charge in [-0.05, 0) is 23.0 Å². The van der Waals surface area contributed by atoms with Gasteiger partial charge in [0.2, 0.25) is 0 Å². The van der Waals surface area contributed by atoms with E-state index in [9.17, 15) is 0 Å². The fourth-order valence-electron chi connectivity index (χ4n) is 0.258. The second kappa shape index (κ2) is 49.5. The minimum absolute atomic E-state index is 0. The Morgan fingerprint density at radius 2 is 0.571 bits per heavy atom. The molecule has 9 heteroatoms. The van der Waals surface area contributed by atoms with E-state index in [1.165, 1.54) is 0 Å². The van der Waals surface area contributed by atoms with Crippen LogP contribution in [0.15, 0.2) is 0 Å². The third-order valence-corrected chi connectivity index (χ3v) is 3.63. The van der Waals surface area contributed by atoms with Crippen LogP contribution in [0, 0.1) is 0 Å². The maximum atomic E-state index is 4.60. The molecule has 0 N–H and O–H groups in total. The topological polar surface area (TPSA) is 0 Å². The van der Waals surface area contributed by atoms with Crippen molar-refractivity contribution in [1.29, 1.82) is 0 Å². The van der Waals surface area contributed by atoms with Crippen LogP contribution >= 0.6 is 50.5 Å². The zero-order valence-corrected chi connectivity index (χ0v) is 20.8. The fraction of sp³-hybridized carbons (Fsp3) is 1.00. The largest absolute Gasteiger partial charge is 4.00 e. The Morgan fingerprint density at radius 1 is 0.429 bits per heavy atom. The van der Waals surface area contributed by atoms with Gasteiger partial charge in [0, 0.05) is 0 Å². The predicted octanol–water partition coefficient (Wildman–Crippen LogP) is 3.41. The van der Waals surface area contributed by atoms with E-state index in [1.807, 2.05) is 0 Å². The Bertz CT molecular complexity index is 79.3. The fourth-order valence-corrected chi connectivity index (χ4v) is 2.32. The molecule has 0 bridgehead atoms. The molecule has 128 valence electrons. The van der Waals surface area contributed by atoms with Gasteiger partial charge in [-0.15, -0.1) is 0 Å². The molecule has 0 radical (unpaired) electrons. The summed E-state index contributed by atoms with van der Waals surface area (Å²) in [5.74, 6) is 7.14. The molecule has 21 heavy (non-hydrogen) atoms. The van der Waals surface area contributed by atoms with Gasteiger partial charge in [-0.25, -0.2) is 0 Å². The molecule has 0 aliphatic carbocycles. The zero-order valence-electron chi connectivity index (χ0n) is 12.4. The first kappa shape index (κ1) is 35.6. The van der Waals surface area contributed by atoms with Crippen molar-refractivity contribution in [3.05, 3.63) is 0 Å². The normalized spacial score (nSPS) is 8.00. The van der Waals surface area contributed by atoms with Crippen molar-refractivity contribution in [2.24, 2.45) is 0 Å². The molecule has 0 aromatic rings. The van der Waals surface area contributed by atoms with E-state index in [0.717, 1.165) is 71.7 Å². The number of hydrogen-bond donors (Lipinski definition) is 4. The van der Waals surface area contributed by atoms with Gasteiger partial charge in [0.1, 0.15) is 0 Å². The van der Waals surface area contributed by atoms with Gasteiger partial charge >= 0.3 is 21.7 Å². The maximum absolute atomic E-state index is 4.60.